The number of fused-ring (bicyclic) bond motifs is 1. The molecule has 0 bridgehead atoms. The summed E-state index contributed by atoms with van der Waals surface area (Å²) in [7, 11) is 0. The van der Waals surface area contributed by atoms with Gasteiger partial charge in [-0.2, -0.15) is 5.10 Å². The number of aryl methyl sites for hydroxylation is 1. The van der Waals surface area contributed by atoms with Crippen LogP contribution >= 0.6 is 0 Å². The van der Waals surface area contributed by atoms with Gasteiger partial charge in [0.05, 0.1) is 5.69 Å². The zero-order chi connectivity index (χ0) is 14.1. The van der Waals surface area contributed by atoms with Gasteiger partial charge in [0.1, 0.15) is 5.69 Å². The van der Waals surface area contributed by atoms with E-state index in [4.69, 9.17) is 0 Å². The molecule has 1 amide bonds. The van der Waals surface area contributed by atoms with Crippen molar-refractivity contribution in [3.63, 3.8) is 0 Å². The van der Waals surface area contributed by atoms with Crippen molar-refractivity contribution in [2.75, 3.05) is 6.54 Å². The summed E-state index contributed by atoms with van der Waals surface area (Å²) in [6, 6.07) is 4.02. The topological polar surface area (TPSA) is 50.5 Å². The molecule has 0 spiro atoms. The second-order valence-corrected chi connectivity index (χ2v) is 5.44. The molecule has 0 saturated carbocycles. The Labute approximate surface area is 118 Å². The summed E-state index contributed by atoms with van der Waals surface area (Å²) in [4.78, 5) is 19.1. The number of nitrogens with zero attached hydrogens (tertiary/aromatic N) is 4. The fourth-order valence-electron chi connectivity index (χ4n) is 3.01. The second kappa shape index (κ2) is 5.23. The van der Waals surface area contributed by atoms with Crippen molar-refractivity contribution in [3.8, 4) is 0 Å². The maximum atomic E-state index is 12.8. The highest BCUT2D eigenvalue weighted by Gasteiger charge is 2.27. The fourth-order valence-corrected chi connectivity index (χ4v) is 3.01. The normalized spacial score (nSPS) is 19.5. The molecule has 1 unspecified atom stereocenters. The minimum Gasteiger partial charge on any atom is -0.334 e. The molecule has 1 saturated heterocycles. The van der Waals surface area contributed by atoms with Crippen molar-refractivity contribution < 1.29 is 4.79 Å². The Morgan fingerprint density at radius 1 is 1.45 bits per heavy atom. The third-order valence-electron chi connectivity index (χ3n) is 4.06. The van der Waals surface area contributed by atoms with Crippen molar-refractivity contribution in [1.82, 2.24) is 19.5 Å². The predicted molar refractivity (Wildman–Crippen MR) is 76.7 cm³/mol. The van der Waals surface area contributed by atoms with Crippen LogP contribution < -0.4 is 0 Å². The van der Waals surface area contributed by atoms with Gasteiger partial charge in [-0.1, -0.05) is 6.92 Å². The molecule has 2 aromatic heterocycles. The number of aromatic nitrogens is 3. The van der Waals surface area contributed by atoms with E-state index < -0.39 is 0 Å². The van der Waals surface area contributed by atoms with Crippen molar-refractivity contribution in [1.29, 1.82) is 0 Å². The van der Waals surface area contributed by atoms with Gasteiger partial charge in [-0.05, 0) is 38.7 Å². The Morgan fingerprint density at radius 3 is 3.10 bits per heavy atom. The third kappa shape index (κ3) is 2.17. The van der Waals surface area contributed by atoms with Crippen molar-refractivity contribution in [3.05, 3.63) is 29.7 Å². The van der Waals surface area contributed by atoms with E-state index in [9.17, 15) is 4.79 Å². The highest BCUT2D eigenvalue weighted by molar-refractivity contribution is 5.93. The van der Waals surface area contributed by atoms with Crippen LogP contribution in [0.5, 0.6) is 0 Å². The zero-order valence-corrected chi connectivity index (χ0v) is 12.0. The first-order valence-electron chi connectivity index (χ1n) is 7.33. The van der Waals surface area contributed by atoms with Gasteiger partial charge in [-0.15, -0.1) is 0 Å². The number of hydrogen-bond acceptors (Lipinski definition) is 3. The number of amides is 1. The van der Waals surface area contributed by atoms with E-state index in [0.29, 0.717) is 11.7 Å². The van der Waals surface area contributed by atoms with Crippen LogP contribution in [0.4, 0.5) is 0 Å². The molecular formula is C15H20N4O. The summed E-state index contributed by atoms with van der Waals surface area (Å²) in [6.45, 7) is 4.91. The Balaban J connectivity index is 1.99. The highest BCUT2D eigenvalue weighted by atomic mass is 16.2. The Kier molecular flexibility index (Phi) is 3.42. The smallest absolute Gasteiger partial charge is 0.272 e. The lowest BCUT2D eigenvalue weighted by atomic mass is 9.99. The molecule has 0 aromatic carbocycles. The standard InChI is InChI=1S/C15H20N4O/c1-3-12-6-4-5-9-18(12)15(20)13-7-8-16-14-10-11(2)17-19(13)14/h7-8,10,12H,3-6,9H2,1-2H3. The average molecular weight is 272 g/mol. The first kappa shape index (κ1) is 13.1. The van der Waals surface area contributed by atoms with E-state index in [-0.39, 0.29) is 5.91 Å². The fraction of sp³-hybridized carbons (Fsp3) is 0.533. The van der Waals surface area contributed by atoms with E-state index >= 15 is 0 Å². The van der Waals surface area contributed by atoms with Gasteiger partial charge in [0, 0.05) is 24.8 Å². The van der Waals surface area contributed by atoms with E-state index in [2.05, 4.69) is 17.0 Å². The summed E-state index contributed by atoms with van der Waals surface area (Å²) >= 11 is 0. The molecule has 3 rings (SSSR count). The zero-order valence-electron chi connectivity index (χ0n) is 12.0. The van der Waals surface area contributed by atoms with Crippen molar-refractivity contribution >= 4 is 11.6 Å². The molecule has 0 radical (unpaired) electrons. The molecule has 1 fully saturated rings. The molecule has 106 valence electrons. The van der Waals surface area contributed by atoms with Crippen LogP contribution in [0.1, 0.15) is 48.8 Å². The number of likely N-dealkylation sites (tertiary alicyclic amines) is 1. The molecule has 1 atom stereocenters. The second-order valence-electron chi connectivity index (χ2n) is 5.44. The lowest BCUT2D eigenvalue weighted by Crippen LogP contribution is -2.44. The van der Waals surface area contributed by atoms with E-state index in [1.165, 1.54) is 6.42 Å². The molecule has 3 heterocycles. The van der Waals surface area contributed by atoms with Crippen molar-refractivity contribution in [2.45, 2.75) is 45.6 Å². The first-order chi connectivity index (χ1) is 9.70. The lowest BCUT2D eigenvalue weighted by molar-refractivity contribution is 0.0599. The largest absolute Gasteiger partial charge is 0.334 e. The molecule has 2 aromatic rings. The van der Waals surface area contributed by atoms with Gasteiger partial charge in [0.2, 0.25) is 0 Å². The van der Waals surface area contributed by atoms with Gasteiger partial charge in [0.25, 0.3) is 5.91 Å². The summed E-state index contributed by atoms with van der Waals surface area (Å²) < 4.78 is 1.67. The number of carbonyl (C=O) groups excluding carboxylic acids is 1. The van der Waals surface area contributed by atoms with Crippen LogP contribution in [0, 0.1) is 6.92 Å². The predicted octanol–water partition coefficient (Wildman–Crippen LogP) is 2.44. The number of carbonyl (C=O) groups is 1. The van der Waals surface area contributed by atoms with Crippen LogP contribution in [0.15, 0.2) is 18.3 Å². The Bertz CT molecular complexity index is 634. The van der Waals surface area contributed by atoms with Crippen LogP contribution in [0.25, 0.3) is 5.65 Å². The van der Waals surface area contributed by atoms with Gasteiger partial charge < -0.3 is 4.90 Å². The number of piperidine rings is 1. The average Bonchev–Trinajstić information content (AvgIpc) is 2.86. The Hall–Kier alpha value is -1.91. The third-order valence-corrected chi connectivity index (χ3v) is 4.06. The van der Waals surface area contributed by atoms with Crippen LogP contribution in [-0.4, -0.2) is 38.0 Å². The van der Waals surface area contributed by atoms with E-state index in [1.54, 1.807) is 16.8 Å². The van der Waals surface area contributed by atoms with Gasteiger partial charge >= 0.3 is 0 Å². The van der Waals surface area contributed by atoms with Crippen molar-refractivity contribution in [2.24, 2.45) is 0 Å². The number of rotatable bonds is 2. The molecule has 20 heavy (non-hydrogen) atoms. The highest BCUT2D eigenvalue weighted by Crippen LogP contribution is 2.22. The summed E-state index contributed by atoms with van der Waals surface area (Å²) in [5.74, 6) is 0.0760. The van der Waals surface area contributed by atoms with E-state index in [0.717, 1.165) is 37.1 Å². The van der Waals surface area contributed by atoms with Gasteiger partial charge in [-0.3, -0.25) is 4.79 Å². The molecule has 0 N–H and O–H groups in total. The van der Waals surface area contributed by atoms with Crippen LogP contribution in [-0.2, 0) is 0 Å². The molecule has 5 heteroatoms. The lowest BCUT2D eigenvalue weighted by Gasteiger charge is -2.35. The van der Waals surface area contributed by atoms with Gasteiger partial charge in [0.15, 0.2) is 5.65 Å². The summed E-state index contributed by atoms with van der Waals surface area (Å²) in [6.07, 6.45) is 6.12. The van der Waals surface area contributed by atoms with Crippen LogP contribution in [0.3, 0.4) is 0 Å². The molecule has 0 aliphatic carbocycles. The number of hydrogen-bond donors (Lipinski definition) is 0. The van der Waals surface area contributed by atoms with E-state index in [1.807, 2.05) is 17.9 Å². The summed E-state index contributed by atoms with van der Waals surface area (Å²) in [5.41, 5.74) is 2.23. The Morgan fingerprint density at radius 2 is 2.30 bits per heavy atom. The molecule has 1 aliphatic heterocycles. The minimum absolute atomic E-state index is 0.0760. The maximum Gasteiger partial charge on any atom is 0.272 e. The molecule has 1 aliphatic rings. The van der Waals surface area contributed by atoms with Crippen LogP contribution in [0.2, 0.25) is 0 Å². The quantitative estimate of drug-likeness (QED) is 0.843. The first-order valence-corrected chi connectivity index (χ1v) is 7.33. The maximum absolute atomic E-state index is 12.8. The SMILES string of the molecule is CCC1CCCCN1C(=O)c1ccnc2cc(C)nn12. The summed E-state index contributed by atoms with van der Waals surface area (Å²) in [5, 5.41) is 4.39. The monoisotopic (exact) mass is 272 g/mol. The van der Waals surface area contributed by atoms with Gasteiger partial charge in [-0.25, -0.2) is 9.50 Å². The minimum atomic E-state index is 0.0760. The molecular weight excluding hydrogens is 252 g/mol. The molecule has 5 nitrogen and oxygen atoms in total.